The van der Waals surface area contributed by atoms with Crippen LogP contribution in [0.1, 0.15) is 0 Å². The summed E-state index contributed by atoms with van der Waals surface area (Å²) in [7, 11) is 0. The van der Waals surface area contributed by atoms with Crippen molar-refractivity contribution in [2.45, 2.75) is 0 Å². The summed E-state index contributed by atoms with van der Waals surface area (Å²) in [5, 5.41) is 13.3. The van der Waals surface area contributed by atoms with Crippen molar-refractivity contribution in [3.63, 3.8) is 0 Å². The summed E-state index contributed by atoms with van der Waals surface area (Å²) in [5.74, 6) is 0.0113. The van der Waals surface area contributed by atoms with Gasteiger partial charge in [-0.3, -0.25) is 9.97 Å². The van der Waals surface area contributed by atoms with Gasteiger partial charge in [-0.25, -0.2) is 4.85 Å². The Labute approximate surface area is 321 Å². The normalized spacial score (nSPS) is 10.9. The van der Waals surface area contributed by atoms with Crippen molar-refractivity contribution in [2.75, 3.05) is 0 Å². The second kappa shape index (κ2) is 14.2. The number of pyridine rings is 2. The van der Waals surface area contributed by atoms with Gasteiger partial charge in [-0.15, -0.1) is 24.3 Å². The predicted molar refractivity (Wildman–Crippen MR) is 210 cm³/mol. The van der Waals surface area contributed by atoms with Gasteiger partial charge >= 0.3 is 0 Å². The largest absolute Gasteiger partial charge is 0.509 e. The van der Waals surface area contributed by atoms with Crippen LogP contribution in [0.2, 0.25) is 0 Å². The Morgan fingerprint density at radius 3 is 2.04 bits per heavy atom. The fraction of sp³-hybridized carbons (Fsp3) is 0. The van der Waals surface area contributed by atoms with Gasteiger partial charge in [0.15, 0.2) is 5.69 Å². The van der Waals surface area contributed by atoms with Crippen molar-refractivity contribution in [3.8, 4) is 67.5 Å². The zero-order valence-electron chi connectivity index (χ0n) is 28.2. The third-order valence-corrected chi connectivity index (χ3v) is 9.45. The summed E-state index contributed by atoms with van der Waals surface area (Å²) < 4.78 is 2.35. The molecular weight excluding hydrogens is 832 g/mol. The molecule has 0 amide bonds. The number of para-hydroxylation sites is 3. The smallest absolute Gasteiger partial charge is 0.190 e. The third-order valence-electron chi connectivity index (χ3n) is 9.45. The summed E-state index contributed by atoms with van der Waals surface area (Å²) in [5.41, 5.74) is 12.2. The molecule has 0 fully saturated rings. The molecule has 53 heavy (non-hydrogen) atoms. The minimum absolute atomic E-state index is 0. The number of hydrogen-bond donors (Lipinski definition) is 1. The van der Waals surface area contributed by atoms with E-state index in [1.807, 2.05) is 60.8 Å². The number of phenols is 1. The number of fused-ring (bicyclic) bond motifs is 3. The molecule has 0 saturated carbocycles. The van der Waals surface area contributed by atoms with E-state index in [4.69, 9.17) is 16.5 Å². The molecule has 0 aliphatic heterocycles. The first-order valence-electron chi connectivity index (χ1n) is 17.0. The van der Waals surface area contributed by atoms with Gasteiger partial charge in [-0.05, 0) is 53.1 Å². The number of phenolic OH excluding ortho intramolecular Hbond substituents is 1. The molecule has 254 valence electrons. The van der Waals surface area contributed by atoms with E-state index in [0.29, 0.717) is 22.6 Å². The Kier molecular flexibility index (Phi) is 8.98. The fourth-order valence-electron chi connectivity index (χ4n) is 7.02. The third kappa shape index (κ3) is 6.20. The summed E-state index contributed by atoms with van der Waals surface area (Å²) in [6, 6.07) is 58.4. The Bertz CT molecular complexity index is 2820. The first kappa shape index (κ1) is 33.5. The van der Waals surface area contributed by atoms with Gasteiger partial charge in [0.2, 0.25) is 0 Å². The Hall–Kier alpha value is -6.60. The van der Waals surface area contributed by atoms with Crippen LogP contribution in [0.5, 0.6) is 5.75 Å². The molecule has 0 bridgehead atoms. The molecule has 9 aromatic rings. The minimum Gasteiger partial charge on any atom is -0.509 e. The van der Waals surface area contributed by atoms with Crippen LogP contribution >= 0.6 is 0 Å². The zero-order chi connectivity index (χ0) is 35.0. The SMILES string of the molecule is [C-]#[N+]c1ccc(-c2cc(-c3ccccc3)cc(-c3[c-]c(-c4cc(-c5cccc6c7ccccc7n(-c7ccccc7)c56)ccn4)ccc3)n2)c(O)c1.[Pt]. The quantitative estimate of drug-likeness (QED) is 0.170. The van der Waals surface area contributed by atoms with Gasteiger partial charge in [-0.1, -0.05) is 120 Å². The van der Waals surface area contributed by atoms with Gasteiger partial charge in [0.05, 0.1) is 23.3 Å². The molecule has 6 aromatic carbocycles. The molecular formula is C47H29N4OPt-. The number of benzene rings is 6. The molecule has 0 aliphatic rings. The van der Waals surface area contributed by atoms with Crippen LogP contribution in [0, 0.1) is 12.6 Å². The molecule has 5 nitrogen and oxygen atoms in total. The van der Waals surface area contributed by atoms with Crippen LogP contribution in [0.4, 0.5) is 5.69 Å². The van der Waals surface area contributed by atoms with Crippen molar-refractivity contribution in [1.29, 1.82) is 0 Å². The number of nitrogens with zero attached hydrogens (tertiary/aromatic N) is 4. The van der Waals surface area contributed by atoms with E-state index in [-0.39, 0.29) is 26.8 Å². The minimum atomic E-state index is 0. The van der Waals surface area contributed by atoms with E-state index in [1.165, 1.54) is 16.8 Å². The molecule has 3 aromatic heterocycles. The van der Waals surface area contributed by atoms with Crippen molar-refractivity contribution in [2.24, 2.45) is 0 Å². The zero-order valence-corrected chi connectivity index (χ0v) is 30.5. The second-order valence-corrected chi connectivity index (χ2v) is 12.6. The van der Waals surface area contributed by atoms with Gasteiger partial charge in [0.1, 0.15) is 5.75 Å². The molecule has 1 N–H and O–H groups in total. The van der Waals surface area contributed by atoms with Crippen LogP contribution in [0.25, 0.3) is 88.4 Å². The number of hydrogen-bond acceptors (Lipinski definition) is 3. The molecule has 0 unspecified atom stereocenters. The number of aromatic nitrogens is 3. The first-order chi connectivity index (χ1) is 25.6. The summed E-state index contributed by atoms with van der Waals surface area (Å²) in [6.45, 7) is 7.35. The van der Waals surface area contributed by atoms with E-state index in [0.717, 1.165) is 55.8 Å². The standard InChI is InChI=1S/C47H29N4O.Pt/c1-48-36-22-23-41(46(52)30-36)44-29-35(31-12-4-2-5-13-31)28-43(50-44)34-15-10-14-33(26-34)42-27-32(24-25-49-42)38-19-11-20-40-39-18-8-9-21-45(39)51(47(38)40)37-16-6-3-7-17-37;/h2-25,27-30,52H;/q-1;. The van der Waals surface area contributed by atoms with Gasteiger partial charge < -0.3 is 9.67 Å². The summed E-state index contributed by atoms with van der Waals surface area (Å²) in [6.07, 6.45) is 1.86. The first-order valence-corrected chi connectivity index (χ1v) is 17.0. The number of aromatic hydroxyl groups is 1. The van der Waals surface area contributed by atoms with Crippen LogP contribution in [0.15, 0.2) is 170 Å². The summed E-state index contributed by atoms with van der Waals surface area (Å²) in [4.78, 5) is 13.3. The van der Waals surface area contributed by atoms with Crippen molar-refractivity contribution in [1.82, 2.24) is 14.5 Å². The van der Waals surface area contributed by atoms with Gasteiger partial charge in [0.25, 0.3) is 0 Å². The van der Waals surface area contributed by atoms with Crippen LogP contribution in [-0.2, 0) is 21.1 Å². The van der Waals surface area contributed by atoms with E-state index in [2.05, 4.69) is 106 Å². The molecule has 6 heteroatoms. The Morgan fingerprint density at radius 2 is 1.25 bits per heavy atom. The van der Waals surface area contributed by atoms with E-state index >= 15 is 0 Å². The van der Waals surface area contributed by atoms with Gasteiger partial charge in [0, 0.05) is 66.2 Å². The molecule has 9 rings (SSSR count). The van der Waals surface area contributed by atoms with E-state index in [9.17, 15) is 5.11 Å². The van der Waals surface area contributed by atoms with E-state index < -0.39 is 0 Å². The number of rotatable bonds is 6. The molecule has 3 heterocycles. The maximum absolute atomic E-state index is 10.9. The van der Waals surface area contributed by atoms with Crippen molar-refractivity contribution < 1.29 is 26.2 Å². The molecule has 0 atom stereocenters. The average Bonchev–Trinajstić information content (AvgIpc) is 3.56. The maximum atomic E-state index is 10.9. The Morgan fingerprint density at radius 1 is 0.566 bits per heavy atom. The van der Waals surface area contributed by atoms with Crippen molar-refractivity contribution >= 4 is 27.5 Å². The fourth-order valence-corrected chi connectivity index (χ4v) is 7.02. The van der Waals surface area contributed by atoms with Gasteiger partial charge in [-0.2, -0.15) is 0 Å². The molecule has 0 saturated heterocycles. The Balaban J connectivity index is 0.00000400. The molecule has 0 radical (unpaired) electrons. The maximum Gasteiger partial charge on any atom is 0.190 e. The van der Waals surface area contributed by atoms with E-state index in [1.54, 1.807) is 12.1 Å². The predicted octanol–water partition coefficient (Wildman–Crippen LogP) is 12.0. The topological polar surface area (TPSA) is 55.3 Å². The van der Waals surface area contributed by atoms with Crippen LogP contribution in [0.3, 0.4) is 0 Å². The molecule has 0 aliphatic carbocycles. The van der Waals surface area contributed by atoms with Crippen LogP contribution < -0.4 is 0 Å². The average molecular weight is 861 g/mol. The van der Waals surface area contributed by atoms with Crippen molar-refractivity contribution in [3.05, 3.63) is 187 Å². The summed E-state index contributed by atoms with van der Waals surface area (Å²) >= 11 is 0. The second-order valence-electron chi connectivity index (χ2n) is 12.6. The molecule has 0 spiro atoms. The monoisotopic (exact) mass is 860 g/mol. The van der Waals surface area contributed by atoms with Crippen LogP contribution in [-0.4, -0.2) is 19.6 Å².